The molecule has 0 aliphatic rings. The van der Waals surface area contributed by atoms with Crippen LogP contribution in [0.1, 0.15) is 18.2 Å². The first-order valence-corrected chi connectivity index (χ1v) is 6.39. The second-order valence-corrected chi connectivity index (χ2v) is 4.50. The number of aryl methyl sites for hydroxylation is 1. The highest BCUT2D eigenvalue weighted by atomic mass is 35.5. The highest BCUT2D eigenvalue weighted by Gasteiger charge is 2.28. The van der Waals surface area contributed by atoms with Gasteiger partial charge in [-0.05, 0) is 13.0 Å². The molecule has 2 aromatic heterocycles. The van der Waals surface area contributed by atoms with Gasteiger partial charge in [-0.25, -0.2) is 4.68 Å². The molecular formula is C12H16ClF4N5. The summed E-state index contributed by atoms with van der Waals surface area (Å²) in [5.74, 6) is -0.410. The zero-order chi connectivity index (χ0) is 15.5. The Balaban J connectivity index is 0.00000242. The molecule has 22 heavy (non-hydrogen) atoms. The first-order valence-electron chi connectivity index (χ1n) is 6.39. The largest absolute Gasteiger partial charge is 0.408 e. The molecule has 10 heteroatoms. The average molecular weight is 342 g/mol. The molecule has 0 saturated heterocycles. The average Bonchev–Trinajstić information content (AvgIpc) is 2.96. The summed E-state index contributed by atoms with van der Waals surface area (Å²) >= 11 is 0. The Hall–Kier alpha value is -1.61. The predicted octanol–water partition coefficient (Wildman–Crippen LogP) is 2.51. The van der Waals surface area contributed by atoms with E-state index in [-0.39, 0.29) is 25.5 Å². The Labute approximate surface area is 130 Å². The van der Waals surface area contributed by atoms with Gasteiger partial charge in [0.2, 0.25) is 5.95 Å². The van der Waals surface area contributed by atoms with Gasteiger partial charge < -0.3 is 5.32 Å². The summed E-state index contributed by atoms with van der Waals surface area (Å²) in [5, 5.41) is 10.6. The first kappa shape index (κ1) is 18.4. The van der Waals surface area contributed by atoms with Gasteiger partial charge in [-0.2, -0.15) is 27.8 Å². The number of halogens is 5. The van der Waals surface area contributed by atoms with E-state index in [9.17, 15) is 17.6 Å². The fourth-order valence-corrected chi connectivity index (χ4v) is 1.84. The van der Waals surface area contributed by atoms with Gasteiger partial charge in [0.15, 0.2) is 0 Å². The quantitative estimate of drug-likeness (QED) is 0.821. The molecule has 2 heterocycles. The van der Waals surface area contributed by atoms with E-state index in [1.165, 1.54) is 23.1 Å². The zero-order valence-electron chi connectivity index (χ0n) is 11.8. The molecule has 0 atom stereocenters. The number of nitrogens with one attached hydrogen (secondary N) is 1. The summed E-state index contributed by atoms with van der Waals surface area (Å²) in [5.41, 5.74) is 0.870. The molecule has 2 rings (SSSR count). The summed E-state index contributed by atoms with van der Waals surface area (Å²) < 4.78 is 52.3. The number of nitrogens with zero attached hydrogens (tertiary/aromatic N) is 4. The van der Waals surface area contributed by atoms with Crippen LogP contribution in [0.15, 0.2) is 18.5 Å². The van der Waals surface area contributed by atoms with Crippen molar-refractivity contribution in [1.29, 1.82) is 0 Å². The number of hydrogen-bond donors (Lipinski definition) is 1. The van der Waals surface area contributed by atoms with E-state index in [1.54, 1.807) is 6.92 Å². The molecule has 0 fully saturated rings. The van der Waals surface area contributed by atoms with Gasteiger partial charge in [-0.1, -0.05) is 0 Å². The third-order valence-corrected chi connectivity index (χ3v) is 2.80. The van der Waals surface area contributed by atoms with Crippen molar-refractivity contribution in [2.24, 2.45) is 0 Å². The Morgan fingerprint density at radius 3 is 2.59 bits per heavy atom. The van der Waals surface area contributed by atoms with E-state index in [0.717, 1.165) is 4.68 Å². The molecule has 0 aliphatic heterocycles. The van der Waals surface area contributed by atoms with Crippen LogP contribution < -0.4 is 5.32 Å². The van der Waals surface area contributed by atoms with Gasteiger partial charge in [-0.3, -0.25) is 4.68 Å². The Morgan fingerprint density at radius 2 is 2.00 bits per heavy atom. The maximum absolute atomic E-state index is 13.7. The molecule has 0 bridgehead atoms. The first-order chi connectivity index (χ1) is 9.89. The van der Waals surface area contributed by atoms with Gasteiger partial charge in [0.05, 0.1) is 11.9 Å². The maximum Gasteiger partial charge on any atom is 0.408 e. The van der Waals surface area contributed by atoms with Gasteiger partial charge in [0, 0.05) is 31.4 Å². The Bertz CT molecular complexity index is 593. The number of alkyl halides is 3. The third kappa shape index (κ3) is 4.99. The molecule has 0 radical (unpaired) electrons. The van der Waals surface area contributed by atoms with E-state index in [0.29, 0.717) is 17.8 Å². The Kier molecular flexibility index (Phi) is 6.36. The summed E-state index contributed by atoms with van der Waals surface area (Å²) in [7, 11) is 0. The molecule has 0 unspecified atom stereocenters. The van der Waals surface area contributed by atoms with E-state index in [2.05, 4.69) is 15.5 Å². The van der Waals surface area contributed by atoms with Crippen LogP contribution in [0, 0.1) is 5.95 Å². The molecular weight excluding hydrogens is 326 g/mol. The fourth-order valence-electron chi connectivity index (χ4n) is 1.84. The smallest absolute Gasteiger partial charge is 0.307 e. The van der Waals surface area contributed by atoms with Gasteiger partial charge in [0.25, 0.3) is 0 Å². The summed E-state index contributed by atoms with van der Waals surface area (Å²) in [4.78, 5) is 0. The van der Waals surface area contributed by atoms with E-state index in [1.807, 2.05) is 0 Å². The lowest BCUT2D eigenvalue weighted by Gasteiger charge is -2.05. The van der Waals surface area contributed by atoms with Crippen molar-refractivity contribution in [2.45, 2.75) is 39.3 Å². The van der Waals surface area contributed by atoms with Crippen LogP contribution >= 0.6 is 12.4 Å². The fraction of sp³-hybridized carbons (Fsp3) is 0.500. The molecule has 5 nitrogen and oxygen atoms in total. The van der Waals surface area contributed by atoms with Crippen LogP contribution in [0.25, 0.3) is 0 Å². The lowest BCUT2D eigenvalue weighted by atomic mass is 10.3. The van der Waals surface area contributed by atoms with E-state index in [4.69, 9.17) is 0 Å². The van der Waals surface area contributed by atoms with E-state index >= 15 is 0 Å². The van der Waals surface area contributed by atoms with Crippen molar-refractivity contribution >= 4 is 12.4 Å². The van der Waals surface area contributed by atoms with Crippen LogP contribution in [-0.2, 0) is 26.2 Å². The number of aromatic nitrogens is 4. The van der Waals surface area contributed by atoms with Crippen LogP contribution in [0.2, 0.25) is 0 Å². The summed E-state index contributed by atoms with van der Waals surface area (Å²) in [6, 6.07) is 1.49. The molecule has 0 amide bonds. The summed E-state index contributed by atoms with van der Waals surface area (Å²) in [6.07, 6.45) is -1.61. The Morgan fingerprint density at radius 1 is 1.27 bits per heavy atom. The van der Waals surface area contributed by atoms with E-state index < -0.39 is 18.7 Å². The topological polar surface area (TPSA) is 47.7 Å². The van der Waals surface area contributed by atoms with Crippen molar-refractivity contribution in [1.82, 2.24) is 24.9 Å². The van der Waals surface area contributed by atoms with Gasteiger partial charge in [0.1, 0.15) is 6.54 Å². The second-order valence-electron chi connectivity index (χ2n) is 4.50. The molecule has 0 aromatic carbocycles. The van der Waals surface area contributed by atoms with Crippen molar-refractivity contribution in [3.8, 4) is 0 Å². The zero-order valence-corrected chi connectivity index (χ0v) is 12.6. The van der Waals surface area contributed by atoms with Crippen LogP contribution in [-0.4, -0.2) is 25.7 Å². The van der Waals surface area contributed by atoms with Crippen LogP contribution in [0.3, 0.4) is 0 Å². The molecule has 2 aromatic rings. The lowest BCUT2D eigenvalue weighted by molar-refractivity contribution is -0.142. The second kappa shape index (κ2) is 7.59. The molecule has 124 valence electrons. The minimum absolute atomic E-state index is 0. The molecule has 0 saturated carbocycles. The van der Waals surface area contributed by atoms with Gasteiger partial charge >= 0.3 is 6.18 Å². The number of rotatable bonds is 6. The van der Waals surface area contributed by atoms with Crippen LogP contribution in [0.5, 0.6) is 0 Å². The number of hydrogen-bond acceptors (Lipinski definition) is 3. The van der Waals surface area contributed by atoms with Crippen molar-refractivity contribution < 1.29 is 17.6 Å². The lowest BCUT2D eigenvalue weighted by Crippen LogP contribution is -2.19. The monoisotopic (exact) mass is 341 g/mol. The van der Waals surface area contributed by atoms with Crippen LogP contribution in [0.4, 0.5) is 17.6 Å². The van der Waals surface area contributed by atoms with Crippen molar-refractivity contribution in [3.05, 3.63) is 35.7 Å². The van der Waals surface area contributed by atoms with Crippen molar-refractivity contribution in [2.75, 3.05) is 0 Å². The highest BCUT2D eigenvalue weighted by Crippen LogP contribution is 2.16. The highest BCUT2D eigenvalue weighted by molar-refractivity contribution is 5.85. The van der Waals surface area contributed by atoms with Gasteiger partial charge in [-0.15, -0.1) is 12.4 Å². The maximum atomic E-state index is 13.7. The predicted molar refractivity (Wildman–Crippen MR) is 73.9 cm³/mol. The molecule has 1 N–H and O–H groups in total. The third-order valence-electron chi connectivity index (χ3n) is 2.80. The summed E-state index contributed by atoms with van der Waals surface area (Å²) in [6.45, 7) is 1.58. The normalized spacial score (nSPS) is 11.5. The SMILES string of the molecule is CCn1ncc(CNCc2ccn(CC(F)(F)F)n2)c1F.Cl. The minimum Gasteiger partial charge on any atom is -0.307 e. The molecule has 0 spiro atoms. The minimum atomic E-state index is -4.30. The molecule has 0 aliphatic carbocycles. The van der Waals surface area contributed by atoms with Crippen molar-refractivity contribution in [3.63, 3.8) is 0 Å². The standard InChI is InChI=1S/C12H15F4N5.ClH/c1-2-21-11(13)9(6-18-21)5-17-7-10-3-4-20(19-10)8-12(14,15)16;/h3-4,6,17H,2,5,7-8H2,1H3;1H.